The fraction of sp³-hybridized carbons (Fsp3) is 1.00. The van der Waals surface area contributed by atoms with Crippen LogP contribution in [0, 0.1) is 0 Å². The summed E-state index contributed by atoms with van der Waals surface area (Å²) in [7, 11) is 0. The van der Waals surface area contributed by atoms with E-state index in [1.54, 1.807) is 0 Å². The highest BCUT2D eigenvalue weighted by atomic mass is 32.1. The van der Waals surface area contributed by atoms with E-state index in [1.807, 2.05) is 0 Å². The second-order valence-corrected chi connectivity index (χ2v) is 3.65. The van der Waals surface area contributed by atoms with Crippen molar-refractivity contribution in [3.05, 3.63) is 0 Å². The van der Waals surface area contributed by atoms with Crippen molar-refractivity contribution in [2.45, 2.75) is 43.9 Å². The summed E-state index contributed by atoms with van der Waals surface area (Å²) in [5, 5.41) is 3.85. The van der Waals surface area contributed by atoms with Gasteiger partial charge in [0.15, 0.2) is 0 Å². The van der Waals surface area contributed by atoms with Gasteiger partial charge in [-0.15, -0.1) is 0 Å². The van der Waals surface area contributed by atoms with E-state index < -0.39 is 0 Å². The molecule has 0 bridgehead atoms. The van der Waals surface area contributed by atoms with Gasteiger partial charge in [-0.25, -0.2) is 0 Å². The largest absolute Gasteiger partial charge is 0.306 e. The van der Waals surface area contributed by atoms with E-state index in [-0.39, 0.29) is 0 Å². The van der Waals surface area contributed by atoms with E-state index >= 15 is 0 Å². The van der Waals surface area contributed by atoms with Gasteiger partial charge in [0, 0.05) is 0 Å². The maximum Gasteiger partial charge on any atom is 0.0502 e. The van der Waals surface area contributed by atoms with Crippen molar-refractivity contribution < 1.29 is 0 Å². The second kappa shape index (κ2) is 5.03. The molecule has 60 valence electrons. The quantitative estimate of drug-likeness (QED) is 0.516. The first-order valence-corrected chi connectivity index (χ1v) is 4.83. The molecule has 1 heterocycles. The van der Waals surface area contributed by atoms with Gasteiger partial charge in [-0.05, 0) is 19.4 Å². The Morgan fingerprint density at radius 1 is 1.00 bits per heavy atom. The lowest BCUT2D eigenvalue weighted by atomic mass is 10.1. The van der Waals surface area contributed by atoms with Crippen molar-refractivity contribution in [1.29, 1.82) is 0 Å². The molecule has 1 N–H and O–H groups in total. The van der Waals surface area contributed by atoms with Crippen molar-refractivity contribution in [2.75, 3.05) is 6.54 Å². The van der Waals surface area contributed by atoms with E-state index in [0.717, 1.165) is 6.54 Å². The van der Waals surface area contributed by atoms with Gasteiger partial charge in [-0.2, -0.15) is 12.6 Å². The van der Waals surface area contributed by atoms with Crippen LogP contribution < -0.4 is 5.32 Å². The average Bonchev–Trinajstić information content (AvgIpc) is 2.02. The zero-order valence-electron chi connectivity index (χ0n) is 6.47. The zero-order chi connectivity index (χ0) is 7.23. The smallest absolute Gasteiger partial charge is 0.0502 e. The normalized spacial score (nSPS) is 30.3. The van der Waals surface area contributed by atoms with Crippen molar-refractivity contribution >= 4 is 12.6 Å². The molecule has 10 heavy (non-hydrogen) atoms. The molecule has 0 aromatic heterocycles. The minimum Gasteiger partial charge on any atom is -0.306 e. The molecule has 0 saturated carbocycles. The summed E-state index contributed by atoms with van der Waals surface area (Å²) in [5.74, 6) is 0. The summed E-state index contributed by atoms with van der Waals surface area (Å²) in [5.41, 5.74) is 0. The van der Waals surface area contributed by atoms with Gasteiger partial charge < -0.3 is 5.32 Å². The molecule has 1 nitrogen and oxygen atoms in total. The van der Waals surface area contributed by atoms with E-state index in [9.17, 15) is 0 Å². The first-order chi connectivity index (χ1) is 4.89. The minimum absolute atomic E-state index is 0.457. The van der Waals surface area contributed by atoms with Crippen LogP contribution in [0.2, 0.25) is 0 Å². The molecule has 0 radical (unpaired) electrons. The molecule has 1 rings (SSSR count). The fourth-order valence-electron chi connectivity index (χ4n) is 1.36. The third-order valence-electron chi connectivity index (χ3n) is 2.03. The number of hydrogen-bond donors (Lipinski definition) is 2. The zero-order valence-corrected chi connectivity index (χ0v) is 7.37. The summed E-state index contributed by atoms with van der Waals surface area (Å²) < 4.78 is 0. The Morgan fingerprint density at radius 3 is 2.60 bits per heavy atom. The summed E-state index contributed by atoms with van der Waals surface area (Å²) >= 11 is 4.41. The highest BCUT2D eigenvalue weighted by molar-refractivity contribution is 7.80. The summed E-state index contributed by atoms with van der Waals surface area (Å²) in [6, 6.07) is 0. The Labute approximate surface area is 69.0 Å². The molecule has 0 aromatic carbocycles. The highest BCUT2D eigenvalue weighted by Gasteiger charge is 2.03. The highest BCUT2D eigenvalue weighted by Crippen LogP contribution is 2.11. The topological polar surface area (TPSA) is 12.0 Å². The molecule has 1 unspecified atom stereocenters. The average molecular weight is 159 g/mol. The first-order valence-electron chi connectivity index (χ1n) is 4.31. The molecule has 1 fully saturated rings. The van der Waals surface area contributed by atoms with E-state index in [0.29, 0.717) is 5.37 Å². The molecule has 0 spiro atoms. The maximum atomic E-state index is 4.41. The summed E-state index contributed by atoms with van der Waals surface area (Å²) in [4.78, 5) is 0. The Kier molecular flexibility index (Phi) is 4.23. The molecular weight excluding hydrogens is 142 g/mol. The van der Waals surface area contributed by atoms with Gasteiger partial charge in [-0.3, -0.25) is 0 Å². The van der Waals surface area contributed by atoms with Crippen LogP contribution >= 0.6 is 12.6 Å². The van der Waals surface area contributed by atoms with E-state index in [2.05, 4.69) is 17.9 Å². The van der Waals surface area contributed by atoms with Crippen LogP contribution in [0.3, 0.4) is 0 Å². The van der Waals surface area contributed by atoms with Crippen molar-refractivity contribution in [3.63, 3.8) is 0 Å². The van der Waals surface area contributed by atoms with Gasteiger partial charge in [0.2, 0.25) is 0 Å². The standard InChI is InChI=1S/C8H17NS/c10-8-6-4-2-1-3-5-7-9-8/h8-10H,1-7H2. The SMILES string of the molecule is SC1CCCCCCCN1. The van der Waals surface area contributed by atoms with Crippen LogP contribution in [0.5, 0.6) is 0 Å². The minimum atomic E-state index is 0.457. The summed E-state index contributed by atoms with van der Waals surface area (Å²) in [6.07, 6.45) is 8.13. The van der Waals surface area contributed by atoms with Crippen LogP contribution in [0.15, 0.2) is 0 Å². The van der Waals surface area contributed by atoms with Crippen molar-refractivity contribution in [3.8, 4) is 0 Å². The lowest BCUT2D eigenvalue weighted by Gasteiger charge is -2.09. The Hall–Kier alpha value is 0.310. The molecule has 2 heteroatoms. The third kappa shape index (κ3) is 3.47. The second-order valence-electron chi connectivity index (χ2n) is 3.03. The lowest BCUT2D eigenvalue weighted by molar-refractivity contribution is 0.599. The van der Waals surface area contributed by atoms with Crippen molar-refractivity contribution in [1.82, 2.24) is 5.32 Å². The number of thiol groups is 1. The number of hydrogen-bond acceptors (Lipinski definition) is 2. The Balaban J connectivity index is 2.15. The molecule has 1 saturated heterocycles. The predicted octanol–water partition coefficient (Wildman–Crippen LogP) is 2.19. The Bertz CT molecular complexity index is 75.3. The van der Waals surface area contributed by atoms with Gasteiger partial charge in [0.05, 0.1) is 5.37 Å². The maximum absolute atomic E-state index is 4.41. The van der Waals surface area contributed by atoms with Gasteiger partial charge in [0.1, 0.15) is 0 Å². The monoisotopic (exact) mass is 159 g/mol. The van der Waals surface area contributed by atoms with Crippen molar-refractivity contribution in [2.24, 2.45) is 0 Å². The number of nitrogens with one attached hydrogen (secondary N) is 1. The molecule has 1 aliphatic rings. The molecule has 0 amide bonds. The van der Waals surface area contributed by atoms with Crippen LogP contribution in [-0.4, -0.2) is 11.9 Å². The Morgan fingerprint density at radius 2 is 1.70 bits per heavy atom. The molecule has 0 aromatic rings. The van der Waals surface area contributed by atoms with Crippen LogP contribution in [0.25, 0.3) is 0 Å². The van der Waals surface area contributed by atoms with E-state index in [1.165, 1.54) is 38.5 Å². The fourth-order valence-corrected chi connectivity index (χ4v) is 1.68. The lowest BCUT2D eigenvalue weighted by Crippen LogP contribution is -2.24. The van der Waals surface area contributed by atoms with Gasteiger partial charge in [0.25, 0.3) is 0 Å². The molecular formula is C8H17NS. The summed E-state index contributed by atoms with van der Waals surface area (Å²) in [6.45, 7) is 1.16. The first kappa shape index (κ1) is 8.41. The van der Waals surface area contributed by atoms with Gasteiger partial charge >= 0.3 is 0 Å². The van der Waals surface area contributed by atoms with Crippen LogP contribution in [0.4, 0.5) is 0 Å². The van der Waals surface area contributed by atoms with Gasteiger partial charge in [-0.1, -0.05) is 25.7 Å². The predicted molar refractivity (Wildman–Crippen MR) is 48.5 cm³/mol. The molecule has 0 aliphatic carbocycles. The van der Waals surface area contributed by atoms with Crippen LogP contribution in [-0.2, 0) is 0 Å². The number of rotatable bonds is 0. The molecule has 1 aliphatic heterocycles. The van der Waals surface area contributed by atoms with E-state index in [4.69, 9.17) is 0 Å². The third-order valence-corrected chi connectivity index (χ3v) is 2.48. The molecule has 1 atom stereocenters. The van der Waals surface area contributed by atoms with Crippen LogP contribution in [0.1, 0.15) is 38.5 Å².